The first kappa shape index (κ1) is 14.6. The fraction of sp³-hybridized carbons (Fsp3) is 0.909. The zero-order valence-electron chi connectivity index (χ0n) is 10.3. The fourth-order valence-corrected chi connectivity index (χ4v) is 2.80. The van der Waals surface area contributed by atoms with Gasteiger partial charge >= 0.3 is 0 Å². The van der Waals surface area contributed by atoms with E-state index in [1.54, 1.807) is 6.92 Å². The third-order valence-corrected chi connectivity index (χ3v) is 5.22. The Morgan fingerprint density at radius 1 is 1.35 bits per heavy atom. The van der Waals surface area contributed by atoms with Gasteiger partial charge in [0.25, 0.3) is 0 Å². The van der Waals surface area contributed by atoms with Gasteiger partial charge in [0, 0.05) is 37.3 Å². The van der Waals surface area contributed by atoms with Crippen LogP contribution < -0.4 is 5.73 Å². The molecule has 100 valence electrons. The van der Waals surface area contributed by atoms with Crippen LogP contribution in [0.1, 0.15) is 26.2 Å². The topological polar surface area (TPSA) is 86.5 Å². The lowest BCUT2D eigenvalue weighted by molar-refractivity contribution is -0.133. The first-order valence-corrected chi connectivity index (χ1v) is 7.79. The fourth-order valence-electron chi connectivity index (χ4n) is 2.02. The summed E-state index contributed by atoms with van der Waals surface area (Å²) in [7, 11) is -3.08. The first-order valence-electron chi connectivity index (χ1n) is 5.97. The van der Waals surface area contributed by atoms with Crippen LogP contribution in [-0.4, -0.2) is 45.5 Å². The quantitative estimate of drug-likeness (QED) is 0.736. The maximum absolute atomic E-state index is 12.1. The maximum atomic E-state index is 12.1. The van der Waals surface area contributed by atoms with E-state index in [0.717, 1.165) is 0 Å². The third kappa shape index (κ3) is 3.76. The predicted molar refractivity (Wildman–Crippen MR) is 65.5 cm³/mol. The predicted octanol–water partition coefficient (Wildman–Crippen LogP) is 0.136. The van der Waals surface area contributed by atoms with Crippen molar-refractivity contribution in [3.63, 3.8) is 0 Å². The molecule has 1 heterocycles. The van der Waals surface area contributed by atoms with E-state index in [2.05, 4.69) is 0 Å². The SMILES string of the molecule is CCS(=O)(=O)CCC(=O)C1(CN)CCOCC1. The van der Waals surface area contributed by atoms with Crippen LogP contribution in [0.25, 0.3) is 0 Å². The van der Waals surface area contributed by atoms with Crippen LogP contribution in [0.2, 0.25) is 0 Å². The van der Waals surface area contributed by atoms with E-state index < -0.39 is 15.3 Å². The minimum atomic E-state index is -3.08. The van der Waals surface area contributed by atoms with E-state index in [4.69, 9.17) is 10.5 Å². The summed E-state index contributed by atoms with van der Waals surface area (Å²) in [5.41, 5.74) is 5.13. The number of carbonyl (C=O) groups excluding carboxylic acids is 1. The zero-order valence-corrected chi connectivity index (χ0v) is 11.1. The van der Waals surface area contributed by atoms with Crippen LogP contribution in [-0.2, 0) is 19.4 Å². The van der Waals surface area contributed by atoms with Crippen molar-refractivity contribution in [1.29, 1.82) is 0 Å². The van der Waals surface area contributed by atoms with Crippen LogP contribution in [0.5, 0.6) is 0 Å². The molecule has 0 amide bonds. The molecule has 1 aliphatic heterocycles. The Hall–Kier alpha value is -0.460. The van der Waals surface area contributed by atoms with Crippen molar-refractivity contribution in [3.8, 4) is 0 Å². The highest BCUT2D eigenvalue weighted by atomic mass is 32.2. The third-order valence-electron chi connectivity index (χ3n) is 3.51. The summed E-state index contributed by atoms with van der Waals surface area (Å²) >= 11 is 0. The molecule has 0 aromatic rings. The van der Waals surface area contributed by atoms with E-state index in [9.17, 15) is 13.2 Å². The molecule has 0 bridgehead atoms. The molecule has 0 unspecified atom stereocenters. The molecule has 5 nitrogen and oxygen atoms in total. The van der Waals surface area contributed by atoms with Crippen molar-refractivity contribution >= 4 is 15.6 Å². The van der Waals surface area contributed by atoms with Gasteiger partial charge in [0.15, 0.2) is 0 Å². The molecule has 6 heteroatoms. The number of rotatable bonds is 6. The van der Waals surface area contributed by atoms with Crippen LogP contribution in [0.15, 0.2) is 0 Å². The number of ketones is 1. The Balaban J connectivity index is 2.61. The van der Waals surface area contributed by atoms with Gasteiger partial charge in [-0.1, -0.05) is 6.92 Å². The molecule has 17 heavy (non-hydrogen) atoms. The van der Waals surface area contributed by atoms with E-state index in [0.29, 0.717) is 26.1 Å². The van der Waals surface area contributed by atoms with Crippen molar-refractivity contribution < 1.29 is 17.9 Å². The van der Waals surface area contributed by atoms with E-state index >= 15 is 0 Å². The lowest BCUT2D eigenvalue weighted by Crippen LogP contribution is -2.43. The summed E-state index contributed by atoms with van der Waals surface area (Å²) in [6.07, 6.45) is 1.29. The average molecular weight is 263 g/mol. The summed E-state index contributed by atoms with van der Waals surface area (Å²) in [4.78, 5) is 12.1. The molecule has 1 fully saturated rings. The van der Waals surface area contributed by atoms with Crippen molar-refractivity contribution in [2.75, 3.05) is 31.3 Å². The Kier molecular flexibility index (Phi) is 5.09. The lowest BCUT2D eigenvalue weighted by atomic mass is 9.75. The van der Waals surface area contributed by atoms with Gasteiger partial charge in [-0.25, -0.2) is 8.42 Å². The highest BCUT2D eigenvalue weighted by Gasteiger charge is 2.38. The second-order valence-electron chi connectivity index (χ2n) is 4.51. The molecule has 0 spiro atoms. The van der Waals surface area contributed by atoms with Crippen molar-refractivity contribution in [2.45, 2.75) is 26.2 Å². The van der Waals surface area contributed by atoms with Gasteiger partial charge in [0.1, 0.15) is 15.6 Å². The number of hydrogen-bond acceptors (Lipinski definition) is 5. The molecular formula is C11H21NO4S. The average Bonchev–Trinajstić information content (AvgIpc) is 2.37. The molecule has 0 radical (unpaired) electrons. The minimum Gasteiger partial charge on any atom is -0.381 e. The molecule has 2 N–H and O–H groups in total. The Labute approximate surface area is 103 Å². The number of sulfone groups is 1. The largest absolute Gasteiger partial charge is 0.381 e. The summed E-state index contributed by atoms with van der Waals surface area (Å²) in [6, 6.07) is 0. The molecule has 0 saturated carbocycles. The molecule has 1 saturated heterocycles. The number of carbonyl (C=O) groups is 1. The standard InChI is InChI=1S/C11H21NO4S/c1-2-17(14,15)8-3-10(13)11(9-12)4-6-16-7-5-11/h2-9,12H2,1H3. The minimum absolute atomic E-state index is 0.0275. The number of hydrogen-bond donors (Lipinski definition) is 1. The molecule has 1 aliphatic rings. The van der Waals surface area contributed by atoms with Gasteiger partial charge in [-0.05, 0) is 12.8 Å². The normalized spacial score (nSPS) is 20.1. The molecule has 0 aliphatic carbocycles. The van der Waals surface area contributed by atoms with Crippen LogP contribution in [0.3, 0.4) is 0 Å². The second kappa shape index (κ2) is 5.93. The van der Waals surface area contributed by atoms with Crippen molar-refractivity contribution in [3.05, 3.63) is 0 Å². The van der Waals surface area contributed by atoms with E-state index in [-0.39, 0.29) is 30.3 Å². The Morgan fingerprint density at radius 2 is 1.94 bits per heavy atom. The van der Waals surface area contributed by atoms with E-state index in [1.807, 2.05) is 0 Å². The second-order valence-corrected chi connectivity index (χ2v) is 6.98. The van der Waals surface area contributed by atoms with Crippen molar-refractivity contribution in [2.24, 2.45) is 11.1 Å². The number of Topliss-reactive ketones (excluding diaryl/α,β-unsaturated/α-hetero) is 1. The maximum Gasteiger partial charge on any atom is 0.150 e. The number of nitrogens with two attached hydrogens (primary N) is 1. The highest BCUT2D eigenvalue weighted by molar-refractivity contribution is 7.91. The van der Waals surface area contributed by atoms with Crippen LogP contribution in [0, 0.1) is 5.41 Å². The first-order chi connectivity index (χ1) is 7.96. The molecule has 0 aromatic carbocycles. The zero-order chi connectivity index (χ0) is 12.9. The number of ether oxygens (including phenoxy) is 1. The van der Waals surface area contributed by atoms with E-state index in [1.165, 1.54) is 0 Å². The molecule has 0 aromatic heterocycles. The van der Waals surface area contributed by atoms with Gasteiger partial charge in [-0.3, -0.25) is 4.79 Å². The molecule has 1 rings (SSSR count). The van der Waals surface area contributed by atoms with Gasteiger partial charge in [-0.2, -0.15) is 0 Å². The van der Waals surface area contributed by atoms with Crippen molar-refractivity contribution in [1.82, 2.24) is 0 Å². The lowest BCUT2D eigenvalue weighted by Gasteiger charge is -2.34. The summed E-state index contributed by atoms with van der Waals surface area (Å²) in [6.45, 7) is 2.93. The summed E-state index contributed by atoms with van der Waals surface area (Å²) in [5, 5.41) is 0. The summed E-state index contributed by atoms with van der Waals surface area (Å²) in [5.74, 6) is -0.00966. The van der Waals surface area contributed by atoms with Gasteiger partial charge < -0.3 is 10.5 Å². The Bertz CT molecular complexity index is 358. The molecular weight excluding hydrogens is 242 g/mol. The van der Waals surface area contributed by atoms with Gasteiger partial charge in [0.2, 0.25) is 0 Å². The van der Waals surface area contributed by atoms with Gasteiger partial charge in [0.05, 0.1) is 5.75 Å². The van der Waals surface area contributed by atoms with Crippen LogP contribution in [0.4, 0.5) is 0 Å². The monoisotopic (exact) mass is 263 g/mol. The Morgan fingerprint density at radius 3 is 2.41 bits per heavy atom. The highest BCUT2D eigenvalue weighted by Crippen LogP contribution is 2.31. The molecule has 0 atom stereocenters. The van der Waals surface area contributed by atoms with Gasteiger partial charge in [-0.15, -0.1) is 0 Å². The van der Waals surface area contributed by atoms with Crippen LogP contribution >= 0.6 is 0 Å². The smallest absolute Gasteiger partial charge is 0.150 e. The summed E-state index contributed by atoms with van der Waals surface area (Å²) < 4.78 is 28.0.